The number of hydrogen-bond donors (Lipinski definition) is 3. The summed E-state index contributed by atoms with van der Waals surface area (Å²) in [5.41, 5.74) is 0. The fourth-order valence-corrected chi connectivity index (χ4v) is 3.85. The molecule has 0 heterocycles. The third kappa shape index (κ3) is 10.4. The van der Waals surface area contributed by atoms with Gasteiger partial charge in [0.25, 0.3) is 0 Å². The Labute approximate surface area is 170 Å². The molecule has 0 amide bonds. The Morgan fingerprint density at radius 3 is 2.54 bits per heavy atom. The SMILES string of the molecule is CCCO[C@@H]1C[C@H](O)C(C/C=C\CCCC(=O)O)[C@H]1/C=C/CCCCCCO. The van der Waals surface area contributed by atoms with Gasteiger partial charge in [-0.3, -0.25) is 4.79 Å². The molecule has 28 heavy (non-hydrogen) atoms. The van der Waals surface area contributed by atoms with Crippen molar-refractivity contribution in [3.8, 4) is 0 Å². The molecule has 1 saturated carbocycles. The zero-order valence-electron chi connectivity index (χ0n) is 17.5. The summed E-state index contributed by atoms with van der Waals surface area (Å²) in [5, 5.41) is 28.1. The van der Waals surface area contributed by atoms with E-state index < -0.39 is 5.97 Å². The van der Waals surface area contributed by atoms with Crippen LogP contribution in [0.3, 0.4) is 0 Å². The largest absolute Gasteiger partial charge is 0.481 e. The summed E-state index contributed by atoms with van der Waals surface area (Å²) in [7, 11) is 0. The first-order chi connectivity index (χ1) is 13.6. The van der Waals surface area contributed by atoms with E-state index in [0.717, 1.165) is 58.0 Å². The lowest BCUT2D eigenvalue weighted by atomic mass is 9.89. The van der Waals surface area contributed by atoms with Crippen LogP contribution in [0.5, 0.6) is 0 Å². The lowest BCUT2D eigenvalue weighted by Gasteiger charge is -2.22. The number of carboxylic acid groups (broad SMARTS) is 1. The maximum atomic E-state index is 10.6. The van der Waals surface area contributed by atoms with Gasteiger partial charge in [0.05, 0.1) is 12.2 Å². The zero-order chi connectivity index (χ0) is 20.6. The minimum atomic E-state index is -0.753. The Kier molecular flexibility index (Phi) is 14.0. The van der Waals surface area contributed by atoms with Gasteiger partial charge in [0.1, 0.15) is 0 Å². The second-order valence-corrected chi connectivity index (χ2v) is 7.80. The van der Waals surface area contributed by atoms with Crippen molar-refractivity contribution < 1.29 is 24.9 Å². The first kappa shape index (κ1) is 24.9. The summed E-state index contributed by atoms with van der Waals surface area (Å²) < 4.78 is 6.02. The van der Waals surface area contributed by atoms with Crippen LogP contribution in [0.25, 0.3) is 0 Å². The molecule has 0 spiro atoms. The Morgan fingerprint density at radius 1 is 1.07 bits per heavy atom. The highest BCUT2D eigenvalue weighted by Gasteiger charge is 2.40. The van der Waals surface area contributed by atoms with Crippen LogP contribution in [-0.4, -0.2) is 46.7 Å². The molecule has 1 aliphatic carbocycles. The summed E-state index contributed by atoms with van der Waals surface area (Å²) in [4.78, 5) is 10.6. The monoisotopic (exact) mass is 396 g/mol. The molecule has 0 aromatic heterocycles. The Hall–Kier alpha value is -1.17. The molecule has 162 valence electrons. The van der Waals surface area contributed by atoms with Crippen LogP contribution in [0, 0.1) is 11.8 Å². The Morgan fingerprint density at radius 2 is 1.82 bits per heavy atom. The predicted molar refractivity (Wildman–Crippen MR) is 112 cm³/mol. The highest BCUT2D eigenvalue weighted by Crippen LogP contribution is 2.38. The molecule has 1 unspecified atom stereocenters. The van der Waals surface area contributed by atoms with E-state index in [1.807, 2.05) is 6.08 Å². The van der Waals surface area contributed by atoms with Gasteiger partial charge in [-0.25, -0.2) is 0 Å². The number of hydrogen-bond acceptors (Lipinski definition) is 4. The van der Waals surface area contributed by atoms with Crippen LogP contribution in [-0.2, 0) is 9.53 Å². The first-order valence-corrected chi connectivity index (χ1v) is 11.0. The van der Waals surface area contributed by atoms with Gasteiger partial charge in [-0.2, -0.15) is 0 Å². The van der Waals surface area contributed by atoms with Gasteiger partial charge in [0.15, 0.2) is 0 Å². The lowest BCUT2D eigenvalue weighted by Crippen LogP contribution is -2.22. The van der Waals surface area contributed by atoms with Gasteiger partial charge in [-0.05, 0) is 50.9 Å². The van der Waals surface area contributed by atoms with Crippen molar-refractivity contribution in [1.82, 2.24) is 0 Å². The van der Waals surface area contributed by atoms with Crippen molar-refractivity contribution in [3.63, 3.8) is 0 Å². The van der Waals surface area contributed by atoms with Crippen molar-refractivity contribution in [2.24, 2.45) is 11.8 Å². The third-order valence-corrected chi connectivity index (χ3v) is 5.40. The number of aliphatic carboxylic acids is 1. The van der Waals surface area contributed by atoms with E-state index in [9.17, 15) is 9.90 Å². The highest BCUT2D eigenvalue weighted by molar-refractivity contribution is 5.66. The third-order valence-electron chi connectivity index (χ3n) is 5.40. The molecule has 0 aromatic carbocycles. The normalized spacial score (nSPS) is 25.2. The van der Waals surface area contributed by atoms with Gasteiger partial charge >= 0.3 is 5.97 Å². The van der Waals surface area contributed by atoms with E-state index in [4.69, 9.17) is 14.9 Å². The fourth-order valence-electron chi connectivity index (χ4n) is 3.85. The van der Waals surface area contributed by atoms with E-state index in [0.29, 0.717) is 12.8 Å². The second-order valence-electron chi connectivity index (χ2n) is 7.80. The molecule has 0 radical (unpaired) electrons. The average molecular weight is 397 g/mol. The van der Waals surface area contributed by atoms with Gasteiger partial charge in [-0.15, -0.1) is 0 Å². The van der Waals surface area contributed by atoms with E-state index in [1.54, 1.807) is 0 Å². The molecular weight excluding hydrogens is 356 g/mol. The molecule has 4 atom stereocenters. The average Bonchev–Trinajstić information content (AvgIpc) is 2.96. The van der Waals surface area contributed by atoms with E-state index in [-0.39, 0.29) is 37.1 Å². The van der Waals surface area contributed by atoms with Crippen molar-refractivity contribution in [1.29, 1.82) is 0 Å². The fraction of sp³-hybridized carbons (Fsp3) is 0.783. The summed E-state index contributed by atoms with van der Waals surface area (Å²) in [6.07, 6.45) is 17.6. The van der Waals surface area contributed by atoms with Gasteiger partial charge in [0, 0.05) is 32.0 Å². The molecular formula is C23H40O5. The molecule has 1 aliphatic rings. The number of allylic oxidation sites excluding steroid dienone is 3. The van der Waals surface area contributed by atoms with Crippen LogP contribution in [0.4, 0.5) is 0 Å². The maximum Gasteiger partial charge on any atom is 0.303 e. The van der Waals surface area contributed by atoms with Crippen molar-refractivity contribution in [3.05, 3.63) is 24.3 Å². The van der Waals surface area contributed by atoms with Crippen LogP contribution in [0.15, 0.2) is 24.3 Å². The van der Waals surface area contributed by atoms with Crippen molar-refractivity contribution in [2.45, 2.75) is 89.8 Å². The minimum Gasteiger partial charge on any atom is -0.481 e. The molecule has 0 aliphatic heterocycles. The van der Waals surface area contributed by atoms with Crippen LogP contribution in [0.2, 0.25) is 0 Å². The molecule has 5 nitrogen and oxygen atoms in total. The summed E-state index contributed by atoms with van der Waals surface area (Å²) >= 11 is 0. The number of carbonyl (C=O) groups is 1. The topological polar surface area (TPSA) is 87.0 Å². The predicted octanol–water partition coefficient (Wildman–Crippen LogP) is 4.48. The van der Waals surface area contributed by atoms with E-state index in [2.05, 4.69) is 25.2 Å². The number of aliphatic hydroxyl groups is 2. The number of rotatable bonds is 16. The molecule has 0 saturated heterocycles. The Bertz CT molecular complexity index is 460. The molecule has 5 heteroatoms. The number of ether oxygens (including phenoxy) is 1. The smallest absolute Gasteiger partial charge is 0.303 e. The van der Waals surface area contributed by atoms with Gasteiger partial charge in [0.2, 0.25) is 0 Å². The molecule has 1 rings (SSSR count). The van der Waals surface area contributed by atoms with Crippen LogP contribution >= 0.6 is 0 Å². The highest BCUT2D eigenvalue weighted by atomic mass is 16.5. The standard InChI is InChI=1S/C23H40O5/c1-2-17-28-22-18-21(25)19(13-9-6-7-11-15-23(26)27)20(22)14-10-5-3-4-8-12-16-24/h6,9-10,14,19-22,24-25H,2-5,7-8,11-13,15-18H2,1H3,(H,26,27)/b9-6-,14-10+/t19?,20-,21+,22-/m1/s1. The summed E-state index contributed by atoms with van der Waals surface area (Å²) in [6.45, 7) is 3.10. The number of aliphatic hydroxyl groups excluding tert-OH is 2. The summed E-state index contributed by atoms with van der Waals surface area (Å²) in [5.74, 6) is -0.372. The maximum absolute atomic E-state index is 10.6. The molecule has 0 aromatic rings. The molecule has 0 bridgehead atoms. The molecule has 1 fully saturated rings. The van der Waals surface area contributed by atoms with Gasteiger partial charge in [-0.1, -0.05) is 44.1 Å². The first-order valence-electron chi connectivity index (χ1n) is 11.0. The lowest BCUT2D eigenvalue weighted by molar-refractivity contribution is -0.137. The Balaban J connectivity index is 2.52. The number of carboxylic acids is 1. The second kappa shape index (κ2) is 15.7. The molecule has 3 N–H and O–H groups in total. The minimum absolute atomic E-state index is 0.0750. The number of unbranched alkanes of at least 4 members (excludes halogenated alkanes) is 5. The van der Waals surface area contributed by atoms with Gasteiger partial charge < -0.3 is 20.1 Å². The van der Waals surface area contributed by atoms with Crippen LogP contribution in [0.1, 0.15) is 77.6 Å². The van der Waals surface area contributed by atoms with Crippen molar-refractivity contribution in [2.75, 3.05) is 13.2 Å². The zero-order valence-corrected chi connectivity index (χ0v) is 17.5. The van der Waals surface area contributed by atoms with Crippen molar-refractivity contribution >= 4 is 5.97 Å². The summed E-state index contributed by atoms with van der Waals surface area (Å²) in [6, 6.07) is 0. The van der Waals surface area contributed by atoms with Crippen LogP contribution < -0.4 is 0 Å². The van der Waals surface area contributed by atoms with E-state index in [1.165, 1.54) is 0 Å². The quantitative estimate of drug-likeness (QED) is 0.264. The van der Waals surface area contributed by atoms with E-state index >= 15 is 0 Å².